The molecule has 2 atom stereocenters. The number of piperidine rings is 1. The van der Waals surface area contributed by atoms with Crippen molar-refractivity contribution in [1.29, 1.82) is 0 Å². The van der Waals surface area contributed by atoms with E-state index >= 15 is 0 Å². The van der Waals surface area contributed by atoms with Gasteiger partial charge in [0, 0.05) is 3.92 Å². The highest BCUT2D eigenvalue weighted by atomic mass is 127. The summed E-state index contributed by atoms with van der Waals surface area (Å²) in [6, 6.07) is 0. The number of alkyl halides is 1. The molecule has 1 fully saturated rings. The van der Waals surface area contributed by atoms with Gasteiger partial charge in [-0.15, -0.1) is 0 Å². The molecule has 1 aliphatic heterocycles. The molecular formula is C6H12IN. The SMILES string of the molecule is C[C@@H]1CNCC[C@H]1I. The van der Waals surface area contributed by atoms with Gasteiger partial charge >= 0.3 is 0 Å². The normalized spacial score (nSPS) is 39.8. The van der Waals surface area contributed by atoms with Crippen LogP contribution >= 0.6 is 22.6 Å². The van der Waals surface area contributed by atoms with E-state index in [1.807, 2.05) is 0 Å². The van der Waals surface area contributed by atoms with Crippen molar-refractivity contribution in [3.05, 3.63) is 0 Å². The molecule has 1 rings (SSSR count). The Morgan fingerprint density at radius 2 is 2.38 bits per heavy atom. The average molecular weight is 225 g/mol. The van der Waals surface area contributed by atoms with Crippen LogP contribution in [-0.2, 0) is 0 Å². The van der Waals surface area contributed by atoms with E-state index in [0.29, 0.717) is 0 Å². The Kier molecular flexibility index (Phi) is 2.56. The molecule has 0 spiro atoms. The Hall–Kier alpha value is 0.690. The lowest BCUT2D eigenvalue weighted by Crippen LogP contribution is -2.35. The Morgan fingerprint density at radius 3 is 2.75 bits per heavy atom. The van der Waals surface area contributed by atoms with Gasteiger partial charge in [-0.1, -0.05) is 29.5 Å². The molecule has 8 heavy (non-hydrogen) atoms. The van der Waals surface area contributed by atoms with Crippen molar-refractivity contribution in [2.75, 3.05) is 13.1 Å². The fourth-order valence-electron chi connectivity index (χ4n) is 0.982. The predicted octanol–water partition coefficient (Wildman–Crippen LogP) is 1.42. The van der Waals surface area contributed by atoms with Gasteiger partial charge in [0.05, 0.1) is 0 Å². The summed E-state index contributed by atoms with van der Waals surface area (Å²) in [4.78, 5) is 0. The van der Waals surface area contributed by atoms with E-state index in [1.165, 1.54) is 19.5 Å². The van der Waals surface area contributed by atoms with Crippen molar-refractivity contribution in [2.45, 2.75) is 17.3 Å². The van der Waals surface area contributed by atoms with Crippen LogP contribution in [0, 0.1) is 5.92 Å². The maximum absolute atomic E-state index is 3.36. The van der Waals surface area contributed by atoms with Crippen molar-refractivity contribution in [3.63, 3.8) is 0 Å². The molecule has 1 N–H and O–H groups in total. The van der Waals surface area contributed by atoms with Crippen LogP contribution < -0.4 is 5.32 Å². The maximum Gasteiger partial charge on any atom is 0.0159 e. The van der Waals surface area contributed by atoms with Gasteiger partial charge in [-0.3, -0.25) is 0 Å². The second-order valence-corrected chi connectivity index (χ2v) is 4.09. The van der Waals surface area contributed by atoms with Gasteiger partial charge in [0.1, 0.15) is 0 Å². The zero-order chi connectivity index (χ0) is 5.98. The lowest BCUT2D eigenvalue weighted by Gasteiger charge is -2.24. The third-order valence-electron chi connectivity index (χ3n) is 1.68. The molecule has 1 heterocycles. The van der Waals surface area contributed by atoms with Crippen molar-refractivity contribution in [2.24, 2.45) is 5.92 Å². The van der Waals surface area contributed by atoms with Crippen LogP contribution in [0.5, 0.6) is 0 Å². The molecule has 0 unspecified atom stereocenters. The van der Waals surface area contributed by atoms with Crippen LogP contribution in [0.2, 0.25) is 0 Å². The van der Waals surface area contributed by atoms with E-state index < -0.39 is 0 Å². The van der Waals surface area contributed by atoms with E-state index in [0.717, 1.165) is 9.84 Å². The highest BCUT2D eigenvalue weighted by Crippen LogP contribution is 2.18. The van der Waals surface area contributed by atoms with Crippen molar-refractivity contribution >= 4 is 22.6 Å². The van der Waals surface area contributed by atoms with Gasteiger partial charge in [-0.25, -0.2) is 0 Å². The minimum absolute atomic E-state index is 0.879. The summed E-state index contributed by atoms with van der Waals surface area (Å²) in [5.41, 5.74) is 0. The van der Waals surface area contributed by atoms with Crippen LogP contribution in [0.3, 0.4) is 0 Å². The molecule has 0 bridgehead atoms. The lowest BCUT2D eigenvalue weighted by atomic mass is 10.0. The summed E-state index contributed by atoms with van der Waals surface area (Å²) in [5, 5.41) is 3.36. The second kappa shape index (κ2) is 3.01. The van der Waals surface area contributed by atoms with E-state index in [1.54, 1.807) is 0 Å². The molecule has 1 saturated heterocycles. The van der Waals surface area contributed by atoms with Crippen LogP contribution in [0.4, 0.5) is 0 Å². The summed E-state index contributed by atoms with van der Waals surface area (Å²) in [6.45, 7) is 4.74. The molecular weight excluding hydrogens is 213 g/mol. The van der Waals surface area contributed by atoms with E-state index in [-0.39, 0.29) is 0 Å². The molecule has 1 nitrogen and oxygen atoms in total. The lowest BCUT2D eigenvalue weighted by molar-refractivity contribution is 0.428. The fraction of sp³-hybridized carbons (Fsp3) is 1.00. The third kappa shape index (κ3) is 1.58. The van der Waals surface area contributed by atoms with Crippen molar-refractivity contribution in [1.82, 2.24) is 5.32 Å². The molecule has 0 saturated carbocycles. The first-order chi connectivity index (χ1) is 3.80. The van der Waals surface area contributed by atoms with Gasteiger partial charge in [0.15, 0.2) is 0 Å². The minimum atomic E-state index is 0.879. The van der Waals surface area contributed by atoms with E-state index in [2.05, 4.69) is 34.8 Å². The first-order valence-electron chi connectivity index (χ1n) is 3.15. The highest BCUT2D eigenvalue weighted by molar-refractivity contribution is 14.1. The molecule has 2 heteroatoms. The Bertz CT molecular complexity index is 64.9. The Morgan fingerprint density at radius 1 is 1.62 bits per heavy atom. The predicted molar refractivity (Wildman–Crippen MR) is 44.5 cm³/mol. The molecule has 0 amide bonds. The van der Waals surface area contributed by atoms with Crippen LogP contribution in [0.25, 0.3) is 0 Å². The maximum atomic E-state index is 3.36. The number of hydrogen-bond donors (Lipinski definition) is 1. The first-order valence-corrected chi connectivity index (χ1v) is 4.40. The second-order valence-electron chi connectivity index (χ2n) is 2.49. The topological polar surface area (TPSA) is 12.0 Å². The molecule has 0 radical (unpaired) electrons. The first kappa shape index (κ1) is 6.81. The van der Waals surface area contributed by atoms with Gasteiger partial charge in [-0.2, -0.15) is 0 Å². The molecule has 0 aliphatic carbocycles. The van der Waals surface area contributed by atoms with Gasteiger partial charge < -0.3 is 5.32 Å². The average Bonchev–Trinajstić information content (AvgIpc) is 1.77. The summed E-state index contributed by atoms with van der Waals surface area (Å²) in [7, 11) is 0. The monoisotopic (exact) mass is 225 g/mol. The van der Waals surface area contributed by atoms with Crippen molar-refractivity contribution in [3.8, 4) is 0 Å². The number of halogens is 1. The number of rotatable bonds is 0. The number of hydrogen-bond acceptors (Lipinski definition) is 1. The fourth-order valence-corrected chi connectivity index (χ4v) is 1.55. The zero-order valence-corrected chi connectivity index (χ0v) is 7.31. The standard InChI is InChI=1S/C6H12IN/c1-5-4-8-3-2-6(5)7/h5-6,8H,2-4H2,1H3/t5-,6-/m1/s1. The number of nitrogens with one attached hydrogen (secondary N) is 1. The molecule has 48 valence electrons. The van der Waals surface area contributed by atoms with Crippen LogP contribution in [0.15, 0.2) is 0 Å². The largest absolute Gasteiger partial charge is 0.316 e. The molecule has 0 aromatic heterocycles. The molecule has 0 aromatic rings. The van der Waals surface area contributed by atoms with E-state index in [9.17, 15) is 0 Å². The summed E-state index contributed by atoms with van der Waals surface area (Å²) in [6.07, 6.45) is 1.35. The van der Waals surface area contributed by atoms with Crippen LogP contribution in [0.1, 0.15) is 13.3 Å². The van der Waals surface area contributed by atoms with E-state index in [4.69, 9.17) is 0 Å². The quantitative estimate of drug-likeness (QED) is 0.485. The highest BCUT2D eigenvalue weighted by Gasteiger charge is 2.16. The zero-order valence-electron chi connectivity index (χ0n) is 5.15. The minimum Gasteiger partial charge on any atom is -0.316 e. The Balaban J connectivity index is 2.28. The third-order valence-corrected chi connectivity index (χ3v) is 3.53. The summed E-state index contributed by atoms with van der Waals surface area (Å²) >= 11 is 2.54. The Labute approximate surface area is 64.4 Å². The van der Waals surface area contributed by atoms with Crippen LogP contribution in [-0.4, -0.2) is 17.0 Å². The molecule has 1 aliphatic rings. The smallest absolute Gasteiger partial charge is 0.0159 e. The van der Waals surface area contributed by atoms with Gasteiger partial charge in [0.2, 0.25) is 0 Å². The summed E-state index contributed by atoms with van der Waals surface area (Å²) < 4.78 is 0.911. The summed E-state index contributed by atoms with van der Waals surface area (Å²) in [5.74, 6) is 0.879. The molecule has 0 aromatic carbocycles. The van der Waals surface area contributed by atoms with Crippen molar-refractivity contribution < 1.29 is 0 Å². The van der Waals surface area contributed by atoms with Gasteiger partial charge in [0.25, 0.3) is 0 Å². The van der Waals surface area contributed by atoms with Gasteiger partial charge in [-0.05, 0) is 25.4 Å².